The van der Waals surface area contributed by atoms with E-state index in [4.69, 9.17) is 0 Å². The van der Waals surface area contributed by atoms with Crippen molar-refractivity contribution in [1.82, 2.24) is 10.2 Å². The molecular formula is C14H28N2. The molecule has 1 saturated heterocycles. The third kappa shape index (κ3) is 3.21. The molecule has 1 N–H and O–H groups in total. The van der Waals surface area contributed by atoms with Gasteiger partial charge in [-0.05, 0) is 57.7 Å². The minimum absolute atomic E-state index is 0.908. The first-order chi connectivity index (χ1) is 7.79. The number of hydrogen-bond acceptors (Lipinski definition) is 2. The summed E-state index contributed by atoms with van der Waals surface area (Å²) < 4.78 is 0. The van der Waals surface area contributed by atoms with Gasteiger partial charge in [0, 0.05) is 12.6 Å². The largest absolute Gasteiger partial charge is 0.319 e. The lowest BCUT2D eigenvalue weighted by Gasteiger charge is -2.26. The number of nitrogens with one attached hydrogen (secondary N) is 1. The van der Waals surface area contributed by atoms with E-state index in [0.717, 1.165) is 17.9 Å². The molecular weight excluding hydrogens is 196 g/mol. The highest BCUT2D eigenvalue weighted by molar-refractivity contribution is 4.84. The molecule has 94 valence electrons. The number of nitrogens with zero attached hydrogens (tertiary/aromatic N) is 1. The Morgan fingerprint density at radius 2 is 2.00 bits per heavy atom. The number of hydrogen-bond donors (Lipinski definition) is 1. The maximum atomic E-state index is 3.33. The molecule has 3 atom stereocenters. The van der Waals surface area contributed by atoms with Crippen LogP contribution in [0.4, 0.5) is 0 Å². The third-order valence-corrected chi connectivity index (χ3v) is 4.55. The summed E-state index contributed by atoms with van der Waals surface area (Å²) >= 11 is 0. The Kier molecular flexibility index (Phi) is 4.66. The Morgan fingerprint density at radius 3 is 2.81 bits per heavy atom. The predicted molar refractivity (Wildman–Crippen MR) is 69.6 cm³/mol. The second kappa shape index (κ2) is 6.02. The molecule has 0 spiro atoms. The van der Waals surface area contributed by atoms with Crippen molar-refractivity contribution in [2.45, 2.75) is 51.5 Å². The summed E-state index contributed by atoms with van der Waals surface area (Å²) in [6, 6.07) is 0.909. The number of likely N-dealkylation sites (tertiary alicyclic amines) is 1. The quantitative estimate of drug-likeness (QED) is 0.741. The summed E-state index contributed by atoms with van der Waals surface area (Å²) in [6.07, 6.45) is 8.69. The smallest absolute Gasteiger partial charge is 0.00954 e. The van der Waals surface area contributed by atoms with Gasteiger partial charge in [-0.2, -0.15) is 0 Å². The SMILES string of the molecule is CNCC1CCN(C2CCCC(C)CC2)C1. The summed E-state index contributed by atoms with van der Waals surface area (Å²) in [7, 11) is 2.08. The minimum atomic E-state index is 0.908. The maximum Gasteiger partial charge on any atom is 0.00954 e. The highest BCUT2D eigenvalue weighted by Crippen LogP contribution is 2.29. The van der Waals surface area contributed by atoms with Gasteiger partial charge in [0.2, 0.25) is 0 Å². The van der Waals surface area contributed by atoms with E-state index in [1.54, 1.807) is 0 Å². The number of rotatable bonds is 3. The standard InChI is InChI=1S/C14H28N2/c1-12-4-3-5-14(7-6-12)16-9-8-13(11-16)10-15-2/h12-15H,3-11H2,1-2H3. The molecule has 2 nitrogen and oxygen atoms in total. The first-order valence-electron chi connectivity index (χ1n) is 7.18. The van der Waals surface area contributed by atoms with Crippen LogP contribution in [-0.2, 0) is 0 Å². The second-order valence-electron chi connectivity index (χ2n) is 5.97. The van der Waals surface area contributed by atoms with Crippen LogP contribution in [0.5, 0.6) is 0 Å². The van der Waals surface area contributed by atoms with Crippen molar-refractivity contribution in [2.24, 2.45) is 11.8 Å². The van der Waals surface area contributed by atoms with Crippen molar-refractivity contribution in [3.8, 4) is 0 Å². The van der Waals surface area contributed by atoms with Gasteiger partial charge in [0.1, 0.15) is 0 Å². The summed E-state index contributed by atoms with van der Waals surface area (Å²) in [4.78, 5) is 2.78. The van der Waals surface area contributed by atoms with Gasteiger partial charge in [0.05, 0.1) is 0 Å². The first kappa shape index (κ1) is 12.4. The van der Waals surface area contributed by atoms with Crippen LogP contribution in [0.3, 0.4) is 0 Å². The van der Waals surface area contributed by atoms with E-state index < -0.39 is 0 Å². The molecule has 1 aliphatic carbocycles. The van der Waals surface area contributed by atoms with Crippen molar-refractivity contribution in [1.29, 1.82) is 0 Å². The van der Waals surface area contributed by atoms with Gasteiger partial charge in [0.25, 0.3) is 0 Å². The van der Waals surface area contributed by atoms with Crippen molar-refractivity contribution < 1.29 is 0 Å². The fourth-order valence-corrected chi connectivity index (χ4v) is 3.48. The van der Waals surface area contributed by atoms with Crippen LogP contribution >= 0.6 is 0 Å². The second-order valence-corrected chi connectivity index (χ2v) is 5.97. The van der Waals surface area contributed by atoms with E-state index in [9.17, 15) is 0 Å². The Balaban J connectivity index is 1.79. The van der Waals surface area contributed by atoms with Gasteiger partial charge in [-0.3, -0.25) is 0 Å². The summed E-state index contributed by atoms with van der Waals surface area (Å²) in [5.41, 5.74) is 0. The van der Waals surface area contributed by atoms with E-state index in [-0.39, 0.29) is 0 Å². The molecule has 1 saturated carbocycles. The van der Waals surface area contributed by atoms with Crippen LogP contribution in [-0.4, -0.2) is 37.6 Å². The fraction of sp³-hybridized carbons (Fsp3) is 1.00. The molecule has 0 aromatic rings. The highest BCUT2D eigenvalue weighted by Gasteiger charge is 2.28. The molecule has 16 heavy (non-hydrogen) atoms. The van der Waals surface area contributed by atoms with Crippen molar-refractivity contribution in [3.05, 3.63) is 0 Å². The lowest BCUT2D eigenvalue weighted by Crippen LogP contribution is -2.34. The molecule has 0 aromatic heterocycles. The molecule has 0 aromatic carbocycles. The Bertz CT molecular complexity index is 205. The molecule has 2 rings (SSSR count). The van der Waals surface area contributed by atoms with Crippen LogP contribution in [0.2, 0.25) is 0 Å². The van der Waals surface area contributed by atoms with Crippen LogP contribution in [0.15, 0.2) is 0 Å². The Hall–Kier alpha value is -0.0800. The molecule has 1 aliphatic heterocycles. The lowest BCUT2D eigenvalue weighted by molar-refractivity contribution is 0.212. The van der Waals surface area contributed by atoms with E-state index >= 15 is 0 Å². The molecule has 1 heterocycles. The van der Waals surface area contributed by atoms with Gasteiger partial charge in [0.15, 0.2) is 0 Å². The summed E-state index contributed by atoms with van der Waals surface area (Å²) in [5, 5.41) is 3.33. The minimum Gasteiger partial charge on any atom is -0.319 e. The average Bonchev–Trinajstić information content (AvgIpc) is 2.62. The van der Waals surface area contributed by atoms with Crippen molar-refractivity contribution in [2.75, 3.05) is 26.7 Å². The van der Waals surface area contributed by atoms with E-state index in [2.05, 4.69) is 24.2 Å². The van der Waals surface area contributed by atoms with Crippen LogP contribution in [0.25, 0.3) is 0 Å². The molecule has 2 heteroatoms. The van der Waals surface area contributed by atoms with E-state index in [1.165, 1.54) is 58.2 Å². The summed E-state index contributed by atoms with van der Waals surface area (Å²) in [5.74, 6) is 1.88. The molecule has 3 unspecified atom stereocenters. The monoisotopic (exact) mass is 224 g/mol. The molecule has 2 fully saturated rings. The zero-order valence-electron chi connectivity index (χ0n) is 11.0. The topological polar surface area (TPSA) is 15.3 Å². The summed E-state index contributed by atoms with van der Waals surface area (Å²) in [6.45, 7) is 6.33. The maximum absolute atomic E-state index is 3.33. The van der Waals surface area contributed by atoms with Gasteiger partial charge < -0.3 is 10.2 Å². The fourth-order valence-electron chi connectivity index (χ4n) is 3.48. The van der Waals surface area contributed by atoms with Gasteiger partial charge in [-0.15, -0.1) is 0 Å². The van der Waals surface area contributed by atoms with Gasteiger partial charge >= 0.3 is 0 Å². The van der Waals surface area contributed by atoms with Gasteiger partial charge in [-0.25, -0.2) is 0 Å². The molecule has 0 radical (unpaired) electrons. The van der Waals surface area contributed by atoms with Crippen molar-refractivity contribution in [3.63, 3.8) is 0 Å². The first-order valence-corrected chi connectivity index (χ1v) is 7.18. The highest BCUT2D eigenvalue weighted by atomic mass is 15.2. The van der Waals surface area contributed by atoms with Gasteiger partial charge in [-0.1, -0.05) is 19.8 Å². The normalized spacial score (nSPS) is 37.5. The Morgan fingerprint density at radius 1 is 1.12 bits per heavy atom. The van der Waals surface area contributed by atoms with Crippen LogP contribution in [0.1, 0.15) is 45.4 Å². The van der Waals surface area contributed by atoms with Crippen molar-refractivity contribution >= 4 is 0 Å². The van der Waals surface area contributed by atoms with Crippen LogP contribution < -0.4 is 5.32 Å². The van der Waals surface area contributed by atoms with E-state index in [0.29, 0.717) is 0 Å². The molecule has 0 bridgehead atoms. The molecule has 0 amide bonds. The third-order valence-electron chi connectivity index (χ3n) is 4.55. The van der Waals surface area contributed by atoms with E-state index in [1.807, 2.05) is 0 Å². The zero-order valence-corrected chi connectivity index (χ0v) is 11.0. The predicted octanol–water partition coefficient (Wildman–Crippen LogP) is 2.50. The molecule has 2 aliphatic rings. The average molecular weight is 224 g/mol. The zero-order chi connectivity index (χ0) is 11.4. The van der Waals surface area contributed by atoms with Crippen LogP contribution in [0, 0.1) is 11.8 Å². The Labute approximate surface area is 101 Å². The lowest BCUT2D eigenvalue weighted by atomic mass is 10.0.